The molecule has 1 heterocycles. The highest BCUT2D eigenvalue weighted by molar-refractivity contribution is 5.76. The Kier molecular flexibility index (Phi) is 6.14. The zero-order valence-electron chi connectivity index (χ0n) is 13.0. The Morgan fingerprint density at radius 3 is 2.29 bits per heavy atom. The molecule has 0 atom stereocenters. The lowest BCUT2D eigenvalue weighted by molar-refractivity contribution is 0.962. The molecule has 0 bridgehead atoms. The van der Waals surface area contributed by atoms with Crippen molar-refractivity contribution in [2.75, 3.05) is 19.0 Å². The third kappa shape index (κ3) is 3.69. The van der Waals surface area contributed by atoms with Gasteiger partial charge in [0.1, 0.15) is 0 Å². The van der Waals surface area contributed by atoms with Gasteiger partial charge >= 0.3 is 0 Å². The molecule has 0 aromatic carbocycles. The van der Waals surface area contributed by atoms with E-state index in [-0.39, 0.29) is 0 Å². The largest absolute Gasteiger partial charge is 0.347 e. The number of allylic oxidation sites excluding steroid dienone is 9. The first-order valence-corrected chi connectivity index (χ1v) is 6.64. The van der Waals surface area contributed by atoms with E-state index in [4.69, 9.17) is 0 Å². The SMILES string of the molecule is C=C/C=C(\C=C)c1nnc(N(C)C)n1/C(C=C)=C/C=C\C. The maximum Gasteiger partial charge on any atom is 0.231 e. The van der Waals surface area contributed by atoms with E-state index in [1.807, 2.05) is 54.8 Å². The molecular weight excluding hydrogens is 260 g/mol. The molecule has 0 radical (unpaired) electrons. The second-order valence-electron chi connectivity index (χ2n) is 4.44. The fourth-order valence-electron chi connectivity index (χ4n) is 1.78. The van der Waals surface area contributed by atoms with E-state index in [1.54, 1.807) is 18.2 Å². The molecule has 0 aliphatic carbocycles. The summed E-state index contributed by atoms with van der Waals surface area (Å²) in [6.07, 6.45) is 12.9. The molecule has 0 saturated heterocycles. The second kappa shape index (κ2) is 7.85. The Morgan fingerprint density at radius 1 is 1.10 bits per heavy atom. The number of rotatable bonds is 7. The molecule has 21 heavy (non-hydrogen) atoms. The molecule has 4 nitrogen and oxygen atoms in total. The number of aromatic nitrogens is 3. The van der Waals surface area contributed by atoms with Gasteiger partial charge in [-0.15, -0.1) is 10.2 Å². The van der Waals surface area contributed by atoms with Crippen molar-refractivity contribution >= 4 is 17.2 Å². The summed E-state index contributed by atoms with van der Waals surface area (Å²) in [5.74, 6) is 1.42. The lowest BCUT2D eigenvalue weighted by Gasteiger charge is -2.16. The van der Waals surface area contributed by atoms with Gasteiger partial charge in [0.05, 0.1) is 5.70 Å². The second-order valence-corrected chi connectivity index (χ2v) is 4.44. The van der Waals surface area contributed by atoms with Crippen molar-refractivity contribution in [1.29, 1.82) is 0 Å². The van der Waals surface area contributed by atoms with Crippen LogP contribution in [0.5, 0.6) is 0 Å². The Balaban J connectivity index is 3.62. The zero-order valence-corrected chi connectivity index (χ0v) is 13.0. The Labute approximate surface area is 126 Å². The van der Waals surface area contributed by atoms with Gasteiger partial charge in [-0.1, -0.05) is 50.1 Å². The Morgan fingerprint density at radius 2 is 1.81 bits per heavy atom. The predicted octanol–water partition coefficient (Wildman–Crippen LogP) is 3.70. The van der Waals surface area contributed by atoms with Crippen LogP contribution in [0.15, 0.2) is 62.3 Å². The van der Waals surface area contributed by atoms with Crippen LogP contribution in [0, 0.1) is 0 Å². The van der Waals surface area contributed by atoms with E-state index in [9.17, 15) is 0 Å². The molecule has 0 aliphatic rings. The molecule has 4 heteroatoms. The van der Waals surface area contributed by atoms with Crippen molar-refractivity contribution in [3.8, 4) is 0 Å². The average Bonchev–Trinajstić information content (AvgIpc) is 2.90. The Hall–Kier alpha value is -2.62. The molecule has 0 aliphatic heterocycles. The highest BCUT2D eigenvalue weighted by Gasteiger charge is 2.17. The molecule has 0 unspecified atom stereocenters. The van der Waals surface area contributed by atoms with Gasteiger partial charge in [-0.2, -0.15) is 0 Å². The smallest absolute Gasteiger partial charge is 0.231 e. The Bertz CT molecular complexity index is 613. The summed E-state index contributed by atoms with van der Waals surface area (Å²) in [5.41, 5.74) is 1.73. The monoisotopic (exact) mass is 282 g/mol. The quantitative estimate of drug-likeness (QED) is 0.715. The normalized spacial score (nSPS) is 12.5. The van der Waals surface area contributed by atoms with Crippen molar-refractivity contribution in [2.24, 2.45) is 0 Å². The van der Waals surface area contributed by atoms with E-state index in [2.05, 4.69) is 29.9 Å². The zero-order chi connectivity index (χ0) is 15.8. The molecular formula is C17H22N4. The molecule has 0 saturated carbocycles. The van der Waals surface area contributed by atoms with Crippen LogP contribution in [-0.2, 0) is 0 Å². The lowest BCUT2D eigenvalue weighted by Crippen LogP contribution is -2.15. The van der Waals surface area contributed by atoms with Crippen LogP contribution in [0.1, 0.15) is 12.7 Å². The van der Waals surface area contributed by atoms with Crippen molar-refractivity contribution < 1.29 is 0 Å². The van der Waals surface area contributed by atoms with Crippen molar-refractivity contribution in [2.45, 2.75) is 6.92 Å². The number of anilines is 1. The van der Waals surface area contributed by atoms with Crippen LogP contribution >= 0.6 is 0 Å². The molecule has 1 aromatic heterocycles. The highest BCUT2D eigenvalue weighted by Crippen LogP contribution is 2.24. The molecule has 0 amide bonds. The summed E-state index contributed by atoms with van der Waals surface area (Å²) >= 11 is 0. The van der Waals surface area contributed by atoms with Crippen LogP contribution in [0.4, 0.5) is 5.95 Å². The van der Waals surface area contributed by atoms with E-state index in [0.717, 1.165) is 17.2 Å². The first-order chi connectivity index (χ1) is 10.1. The lowest BCUT2D eigenvalue weighted by atomic mass is 10.2. The van der Waals surface area contributed by atoms with E-state index in [0.29, 0.717) is 5.82 Å². The third-order valence-electron chi connectivity index (χ3n) is 2.75. The molecule has 1 rings (SSSR count). The first kappa shape index (κ1) is 16.4. The van der Waals surface area contributed by atoms with Gasteiger partial charge in [-0.05, 0) is 19.1 Å². The van der Waals surface area contributed by atoms with Gasteiger partial charge in [0.15, 0.2) is 5.82 Å². The molecule has 110 valence electrons. The molecule has 0 fully saturated rings. The minimum Gasteiger partial charge on any atom is -0.347 e. The minimum absolute atomic E-state index is 0.698. The van der Waals surface area contributed by atoms with E-state index >= 15 is 0 Å². The van der Waals surface area contributed by atoms with E-state index in [1.165, 1.54) is 0 Å². The predicted molar refractivity (Wildman–Crippen MR) is 92.0 cm³/mol. The van der Waals surface area contributed by atoms with Gasteiger partial charge < -0.3 is 4.90 Å². The summed E-state index contributed by atoms with van der Waals surface area (Å²) in [7, 11) is 3.84. The average molecular weight is 282 g/mol. The van der Waals surface area contributed by atoms with Crippen LogP contribution < -0.4 is 4.90 Å². The summed E-state index contributed by atoms with van der Waals surface area (Å²) in [6, 6.07) is 0. The standard InChI is InChI=1S/C17H22N4/c1-7-11-13-15(10-4)21-16(14(9-3)12-8-2)18-19-17(21)20(5)6/h7-13H,2-4H2,1,5-6H3/b11-7-,14-12+,15-13+. The topological polar surface area (TPSA) is 34.0 Å². The summed E-state index contributed by atoms with van der Waals surface area (Å²) in [6.45, 7) is 13.4. The van der Waals surface area contributed by atoms with Gasteiger partial charge in [0.25, 0.3) is 0 Å². The third-order valence-corrected chi connectivity index (χ3v) is 2.75. The fraction of sp³-hybridized carbons (Fsp3) is 0.176. The number of nitrogens with zero attached hydrogens (tertiary/aromatic N) is 4. The van der Waals surface area contributed by atoms with Gasteiger partial charge in [0.2, 0.25) is 5.95 Å². The summed E-state index contributed by atoms with van der Waals surface area (Å²) in [5, 5.41) is 8.52. The maximum absolute atomic E-state index is 4.28. The van der Waals surface area contributed by atoms with Crippen molar-refractivity contribution in [3.63, 3.8) is 0 Å². The minimum atomic E-state index is 0.698. The van der Waals surface area contributed by atoms with E-state index < -0.39 is 0 Å². The molecule has 0 spiro atoms. The molecule has 0 N–H and O–H groups in total. The van der Waals surface area contributed by atoms with Gasteiger partial charge in [-0.3, -0.25) is 4.57 Å². The van der Waals surface area contributed by atoms with Crippen molar-refractivity contribution in [1.82, 2.24) is 14.8 Å². The number of hydrogen-bond acceptors (Lipinski definition) is 3. The number of hydrogen-bond donors (Lipinski definition) is 0. The van der Waals surface area contributed by atoms with Gasteiger partial charge in [-0.25, -0.2) is 0 Å². The highest BCUT2D eigenvalue weighted by atomic mass is 15.4. The van der Waals surface area contributed by atoms with Gasteiger partial charge in [0, 0.05) is 19.7 Å². The summed E-state index contributed by atoms with van der Waals surface area (Å²) in [4.78, 5) is 1.90. The van der Waals surface area contributed by atoms with Crippen molar-refractivity contribution in [3.05, 3.63) is 68.1 Å². The first-order valence-electron chi connectivity index (χ1n) is 6.64. The van der Waals surface area contributed by atoms with Crippen LogP contribution in [0.2, 0.25) is 0 Å². The van der Waals surface area contributed by atoms with Crippen LogP contribution in [0.3, 0.4) is 0 Å². The summed E-state index contributed by atoms with van der Waals surface area (Å²) < 4.78 is 1.93. The van der Waals surface area contributed by atoms with Crippen LogP contribution in [0.25, 0.3) is 11.3 Å². The maximum atomic E-state index is 4.28. The molecule has 1 aromatic rings. The fourth-order valence-corrected chi connectivity index (χ4v) is 1.78. The van der Waals surface area contributed by atoms with Crippen LogP contribution in [-0.4, -0.2) is 28.9 Å².